The van der Waals surface area contributed by atoms with Crippen molar-refractivity contribution >= 4 is 5.91 Å². The van der Waals surface area contributed by atoms with Crippen LogP contribution in [-0.2, 0) is 11.3 Å². The second-order valence-electron chi connectivity index (χ2n) is 6.61. The molecule has 2 aromatic rings. The van der Waals surface area contributed by atoms with E-state index in [1.165, 1.54) is 5.56 Å². The summed E-state index contributed by atoms with van der Waals surface area (Å²) in [5.74, 6) is 1.48. The standard InChI is InChI=1S/C17H21N5O2/c1-12-5-4-6-13(9-12)24-14-10-21(11-14)17(23)15-7-2-3-8-22-16(15)18-19-20-22/h4-6,9,14-15H,2-3,7-8,10-11H2,1H3. The Morgan fingerprint density at radius 1 is 1.29 bits per heavy atom. The summed E-state index contributed by atoms with van der Waals surface area (Å²) in [7, 11) is 0. The second-order valence-corrected chi connectivity index (χ2v) is 6.61. The first-order valence-electron chi connectivity index (χ1n) is 8.49. The Labute approximate surface area is 140 Å². The highest BCUT2D eigenvalue weighted by Crippen LogP contribution is 2.28. The van der Waals surface area contributed by atoms with Crippen LogP contribution in [0.3, 0.4) is 0 Å². The molecule has 1 saturated heterocycles. The number of amides is 1. The van der Waals surface area contributed by atoms with Gasteiger partial charge in [-0.2, -0.15) is 0 Å². The van der Waals surface area contributed by atoms with Gasteiger partial charge in [-0.1, -0.05) is 18.6 Å². The Bertz CT molecular complexity index is 738. The maximum atomic E-state index is 12.8. The van der Waals surface area contributed by atoms with E-state index in [1.54, 1.807) is 4.68 Å². The molecule has 1 aromatic heterocycles. The maximum Gasteiger partial charge on any atom is 0.233 e. The van der Waals surface area contributed by atoms with Gasteiger partial charge in [0.15, 0.2) is 5.82 Å². The molecular formula is C17H21N5O2. The van der Waals surface area contributed by atoms with Crippen molar-refractivity contribution in [1.29, 1.82) is 0 Å². The normalized spacial score (nSPS) is 20.9. The van der Waals surface area contributed by atoms with Crippen molar-refractivity contribution in [3.8, 4) is 5.75 Å². The predicted molar refractivity (Wildman–Crippen MR) is 86.6 cm³/mol. The van der Waals surface area contributed by atoms with Gasteiger partial charge in [-0.05, 0) is 47.9 Å². The van der Waals surface area contributed by atoms with Gasteiger partial charge in [0.25, 0.3) is 0 Å². The smallest absolute Gasteiger partial charge is 0.233 e. The van der Waals surface area contributed by atoms with E-state index in [-0.39, 0.29) is 17.9 Å². The Morgan fingerprint density at radius 3 is 3.00 bits per heavy atom. The lowest BCUT2D eigenvalue weighted by Crippen LogP contribution is -2.57. The molecule has 7 heteroatoms. The molecule has 0 radical (unpaired) electrons. The molecule has 0 aliphatic carbocycles. The molecule has 1 atom stereocenters. The zero-order valence-electron chi connectivity index (χ0n) is 13.8. The lowest BCUT2D eigenvalue weighted by atomic mass is 9.98. The van der Waals surface area contributed by atoms with Crippen LogP contribution in [0.1, 0.15) is 36.6 Å². The highest BCUT2D eigenvalue weighted by molar-refractivity contribution is 5.83. The summed E-state index contributed by atoms with van der Waals surface area (Å²) in [5, 5.41) is 11.8. The van der Waals surface area contributed by atoms with Gasteiger partial charge in [0, 0.05) is 6.54 Å². The minimum absolute atomic E-state index is 0.0672. The molecule has 0 saturated carbocycles. The topological polar surface area (TPSA) is 73.1 Å². The fourth-order valence-corrected chi connectivity index (χ4v) is 3.39. The van der Waals surface area contributed by atoms with E-state index in [0.29, 0.717) is 18.9 Å². The van der Waals surface area contributed by atoms with Gasteiger partial charge in [-0.3, -0.25) is 4.79 Å². The zero-order valence-corrected chi connectivity index (χ0v) is 13.8. The number of aromatic nitrogens is 4. The molecule has 1 unspecified atom stereocenters. The average molecular weight is 327 g/mol. The first-order valence-corrected chi connectivity index (χ1v) is 8.49. The number of likely N-dealkylation sites (tertiary alicyclic amines) is 1. The number of fused-ring (bicyclic) bond motifs is 1. The number of aryl methyl sites for hydroxylation is 2. The van der Waals surface area contributed by atoms with Crippen molar-refractivity contribution in [1.82, 2.24) is 25.1 Å². The molecule has 24 heavy (non-hydrogen) atoms. The molecule has 0 bridgehead atoms. The van der Waals surface area contributed by atoms with E-state index in [2.05, 4.69) is 15.5 Å². The molecular weight excluding hydrogens is 306 g/mol. The third-order valence-corrected chi connectivity index (χ3v) is 4.73. The Balaban J connectivity index is 1.38. The number of tetrazole rings is 1. The summed E-state index contributed by atoms with van der Waals surface area (Å²) in [6.07, 6.45) is 2.91. The van der Waals surface area contributed by atoms with Gasteiger partial charge in [-0.15, -0.1) is 5.10 Å². The summed E-state index contributed by atoms with van der Waals surface area (Å²) in [6, 6.07) is 8.00. The molecule has 1 amide bonds. The van der Waals surface area contributed by atoms with E-state index in [0.717, 1.165) is 31.6 Å². The lowest BCUT2D eigenvalue weighted by molar-refractivity contribution is -0.142. The monoisotopic (exact) mass is 327 g/mol. The summed E-state index contributed by atoms with van der Waals surface area (Å²) in [5.41, 5.74) is 1.17. The Morgan fingerprint density at radius 2 is 2.17 bits per heavy atom. The van der Waals surface area contributed by atoms with Crippen molar-refractivity contribution < 1.29 is 9.53 Å². The molecule has 0 N–H and O–H groups in total. The number of carbonyl (C=O) groups excluding carboxylic acids is 1. The number of hydrogen-bond acceptors (Lipinski definition) is 5. The van der Waals surface area contributed by atoms with E-state index >= 15 is 0 Å². The van der Waals surface area contributed by atoms with E-state index in [1.807, 2.05) is 36.1 Å². The summed E-state index contributed by atoms with van der Waals surface area (Å²) in [6.45, 7) is 4.10. The van der Waals surface area contributed by atoms with Crippen LogP contribution in [0.15, 0.2) is 24.3 Å². The molecule has 2 aliphatic heterocycles. The Kier molecular flexibility index (Phi) is 3.92. The number of nitrogens with zero attached hydrogens (tertiary/aromatic N) is 5. The molecule has 1 aromatic carbocycles. The first-order chi connectivity index (χ1) is 11.7. The Hall–Kier alpha value is -2.44. The summed E-state index contributed by atoms with van der Waals surface area (Å²) < 4.78 is 7.71. The van der Waals surface area contributed by atoms with Crippen LogP contribution in [0.25, 0.3) is 0 Å². The fourth-order valence-electron chi connectivity index (χ4n) is 3.39. The van der Waals surface area contributed by atoms with Crippen LogP contribution >= 0.6 is 0 Å². The number of rotatable bonds is 3. The quantitative estimate of drug-likeness (QED) is 0.855. The van der Waals surface area contributed by atoms with Gasteiger partial charge >= 0.3 is 0 Å². The van der Waals surface area contributed by atoms with Crippen LogP contribution in [0.5, 0.6) is 5.75 Å². The summed E-state index contributed by atoms with van der Waals surface area (Å²) in [4.78, 5) is 14.7. The first kappa shape index (κ1) is 15.1. The second kappa shape index (κ2) is 6.22. The van der Waals surface area contributed by atoms with E-state index < -0.39 is 0 Å². The van der Waals surface area contributed by atoms with Gasteiger partial charge < -0.3 is 9.64 Å². The number of ether oxygens (including phenoxy) is 1. The number of benzene rings is 1. The molecule has 126 valence electrons. The molecule has 2 aliphatic rings. The van der Waals surface area contributed by atoms with Gasteiger partial charge in [0.2, 0.25) is 5.91 Å². The van der Waals surface area contributed by atoms with Crippen LogP contribution in [0, 0.1) is 6.92 Å². The highest BCUT2D eigenvalue weighted by atomic mass is 16.5. The SMILES string of the molecule is Cc1cccc(OC2CN(C(=O)C3CCCCn4nnnc43)C2)c1. The van der Waals surface area contributed by atoms with Crippen molar-refractivity contribution in [2.24, 2.45) is 0 Å². The lowest BCUT2D eigenvalue weighted by Gasteiger charge is -2.40. The van der Waals surface area contributed by atoms with Crippen molar-refractivity contribution in [2.45, 2.75) is 44.8 Å². The number of hydrogen-bond donors (Lipinski definition) is 0. The zero-order chi connectivity index (χ0) is 16.5. The third kappa shape index (κ3) is 2.86. The van der Waals surface area contributed by atoms with Crippen molar-refractivity contribution in [3.63, 3.8) is 0 Å². The van der Waals surface area contributed by atoms with Gasteiger partial charge in [0.1, 0.15) is 11.9 Å². The fraction of sp³-hybridized carbons (Fsp3) is 0.529. The van der Waals surface area contributed by atoms with Crippen LogP contribution in [0.4, 0.5) is 0 Å². The summed E-state index contributed by atoms with van der Waals surface area (Å²) >= 11 is 0. The molecule has 4 rings (SSSR count). The van der Waals surface area contributed by atoms with Gasteiger partial charge in [-0.25, -0.2) is 4.68 Å². The van der Waals surface area contributed by atoms with Crippen LogP contribution < -0.4 is 4.74 Å². The van der Waals surface area contributed by atoms with Crippen LogP contribution in [0.2, 0.25) is 0 Å². The van der Waals surface area contributed by atoms with Crippen molar-refractivity contribution in [3.05, 3.63) is 35.7 Å². The average Bonchev–Trinajstić information content (AvgIpc) is 2.89. The van der Waals surface area contributed by atoms with E-state index in [9.17, 15) is 4.79 Å². The minimum atomic E-state index is -0.220. The molecule has 7 nitrogen and oxygen atoms in total. The molecule has 0 spiro atoms. The third-order valence-electron chi connectivity index (χ3n) is 4.73. The molecule has 1 fully saturated rings. The maximum absolute atomic E-state index is 12.8. The van der Waals surface area contributed by atoms with Crippen LogP contribution in [-0.4, -0.2) is 50.2 Å². The van der Waals surface area contributed by atoms with Gasteiger partial charge in [0.05, 0.1) is 19.0 Å². The predicted octanol–water partition coefficient (Wildman–Crippen LogP) is 1.54. The highest BCUT2D eigenvalue weighted by Gasteiger charge is 2.38. The van der Waals surface area contributed by atoms with Crippen molar-refractivity contribution in [2.75, 3.05) is 13.1 Å². The minimum Gasteiger partial charge on any atom is -0.487 e. The number of carbonyl (C=O) groups is 1. The van der Waals surface area contributed by atoms with E-state index in [4.69, 9.17) is 4.74 Å². The molecule has 3 heterocycles. The largest absolute Gasteiger partial charge is 0.487 e.